The molecule has 0 aromatic carbocycles. The Morgan fingerprint density at radius 3 is 3.07 bits per heavy atom. The van der Waals surface area contributed by atoms with Crippen LogP contribution in [0, 0.1) is 6.92 Å². The van der Waals surface area contributed by atoms with Crippen LogP contribution in [0.1, 0.15) is 15.4 Å². The first-order valence-electron chi connectivity index (χ1n) is 4.24. The number of nitrogen functional groups attached to an aromatic ring is 1. The van der Waals surface area contributed by atoms with E-state index in [0.717, 1.165) is 0 Å². The van der Waals surface area contributed by atoms with E-state index in [-0.39, 0.29) is 5.91 Å². The van der Waals surface area contributed by atoms with Gasteiger partial charge in [0.1, 0.15) is 4.88 Å². The van der Waals surface area contributed by atoms with E-state index in [1.165, 1.54) is 11.3 Å². The zero-order chi connectivity index (χ0) is 10.8. The van der Waals surface area contributed by atoms with Crippen molar-refractivity contribution >= 4 is 17.2 Å². The molecule has 2 heterocycles. The summed E-state index contributed by atoms with van der Waals surface area (Å²) in [5.41, 5.74) is 2.73. The number of amides is 1. The fourth-order valence-corrected chi connectivity index (χ4v) is 2.12. The summed E-state index contributed by atoms with van der Waals surface area (Å²) >= 11 is 1.25. The van der Waals surface area contributed by atoms with Crippen LogP contribution < -0.4 is 11.3 Å². The molecule has 0 unspecified atom stereocenters. The average Bonchev–Trinajstić information content (AvgIpc) is 2.84. The molecule has 2 aromatic rings. The predicted molar refractivity (Wildman–Crippen MR) is 56.2 cm³/mol. The van der Waals surface area contributed by atoms with Gasteiger partial charge in [0.2, 0.25) is 0 Å². The number of thiazole rings is 1. The molecule has 15 heavy (non-hydrogen) atoms. The number of nitrogens with one attached hydrogen (secondary N) is 1. The minimum Gasteiger partial charge on any atom is -0.462 e. The van der Waals surface area contributed by atoms with E-state index < -0.39 is 0 Å². The standard InChI is InChI=1S/C9H9N3O2S/c1-5-7(8(13)12-10)15-9(11-5)6-3-2-4-14-6/h2-4H,10H2,1H3,(H,12,13). The maximum Gasteiger partial charge on any atom is 0.277 e. The lowest BCUT2D eigenvalue weighted by atomic mass is 10.4. The molecular formula is C9H9N3O2S. The second-order valence-electron chi connectivity index (χ2n) is 2.88. The molecule has 0 aliphatic rings. The van der Waals surface area contributed by atoms with Gasteiger partial charge >= 0.3 is 0 Å². The molecule has 0 bridgehead atoms. The first kappa shape index (κ1) is 9.88. The van der Waals surface area contributed by atoms with Crippen molar-refractivity contribution in [3.05, 3.63) is 29.0 Å². The second kappa shape index (κ2) is 3.84. The molecule has 0 saturated heterocycles. The van der Waals surface area contributed by atoms with Gasteiger partial charge in [-0.05, 0) is 19.1 Å². The zero-order valence-corrected chi connectivity index (χ0v) is 8.80. The fraction of sp³-hybridized carbons (Fsp3) is 0.111. The topological polar surface area (TPSA) is 81.2 Å². The number of hydrogen-bond acceptors (Lipinski definition) is 5. The molecule has 1 amide bonds. The SMILES string of the molecule is Cc1nc(-c2ccco2)sc1C(=O)NN. The van der Waals surface area contributed by atoms with E-state index in [4.69, 9.17) is 10.3 Å². The van der Waals surface area contributed by atoms with Crippen molar-refractivity contribution in [2.45, 2.75) is 6.92 Å². The number of rotatable bonds is 2. The Balaban J connectivity index is 2.41. The summed E-state index contributed by atoms with van der Waals surface area (Å²) in [5.74, 6) is 5.38. The molecule has 3 N–H and O–H groups in total. The Kier molecular flexibility index (Phi) is 2.53. The molecule has 2 rings (SSSR count). The Labute approximate surface area is 89.9 Å². The van der Waals surface area contributed by atoms with Gasteiger partial charge in [-0.2, -0.15) is 0 Å². The molecule has 0 spiro atoms. The highest BCUT2D eigenvalue weighted by atomic mass is 32.1. The molecule has 0 aliphatic heterocycles. The van der Waals surface area contributed by atoms with E-state index in [0.29, 0.717) is 21.3 Å². The van der Waals surface area contributed by atoms with Crippen LogP contribution in [-0.4, -0.2) is 10.9 Å². The van der Waals surface area contributed by atoms with Crippen molar-refractivity contribution < 1.29 is 9.21 Å². The van der Waals surface area contributed by atoms with E-state index in [9.17, 15) is 4.79 Å². The number of hydrazine groups is 1. The number of hydrogen-bond donors (Lipinski definition) is 2. The fourth-order valence-electron chi connectivity index (χ4n) is 1.18. The van der Waals surface area contributed by atoms with Gasteiger partial charge in [0, 0.05) is 0 Å². The maximum atomic E-state index is 11.3. The summed E-state index contributed by atoms with van der Waals surface area (Å²) in [7, 11) is 0. The van der Waals surface area contributed by atoms with Crippen molar-refractivity contribution in [1.29, 1.82) is 0 Å². The second-order valence-corrected chi connectivity index (χ2v) is 3.88. The van der Waals surface area contributed by atoms with Gasteiger partial charge in [0.25, 0.3) is 5.91 Å². The third kappa shape index (κ3) is 1.77. The first-order chi connectivity index (χ1) is 7.22. The van der Waals surface area contributed by atoms with Gasteiger partial charge in [-0.1, -0.05) is 0 Å². The van der Waals surface area contributed by atoms with E-state index in [1.54, 1.807) is 25.3 Å². The smallest absolute Gasteiger partial charge is 0.277 e. The van der Waals surface area contributed by atoms with Crippen LogP contribution in [0.3, 0.4) is 0 Å². The predicted octanol–water partition coefficient (Wildman–Crippen LogP) is 1.32. The van der Waals surface area contributed by atoms with Crippen molar-refractivity contribution in [2.75, 3.05) is 0 Å². The van der Waals surface area contributed by atoms with Crippen LogP contribution in [0.4, 0.5) is 0 Å². The molecule has 0 radical (unpaired) electrons. The number of carbonyl (C=O) groups is 1. The number of aromatic nitrogens is 1. The number of furan rings is 1. The van der Waals surface area contributed by atoms with Crippen LogP contribution in [-0.2, 0) is 0 Å². The molecule has 5 nitrogen and oxygen atoms in total. The minimum absolute atomic E-state index is 0.331. The first-order valence-corrected chi connectivity index (χ1v) is 5.06. The van der Waals surface area contributed by atoms with E-state index >= 15 is 0 Å². The maximum absolute atomic E-state index is 11.3. The summed E-state index contributed by atoms with van der Waals surface area (Å²) in [6, 6.07) is 3.57. The van der Waals surface area contributed by atoms with Crippen molar-refractivity contribution in [3.63, 3.8) is 0 Å². The number of aryl methyl sites for hydroxylation is 1. The Morgan fingerprint density at radius 2 is 2.47 bits per heavy atom. The van der Waals surface area contributed by atoms with Crippen LogP contribution >= 0.6 is 11.3 Å². The lowest BCUT2D eigenvalue weighted by Gasteiger charge is -1.93. The summed E-state index contributed by atoms with van der Waals surface area (Å²) in [4.78, 5) is 16.1. The molecule has 0 aliphatic carbocycles. The van der Waals surface area contributed by atoms with Gasteiger partial charge in [0.15, 0.2) is 10.8 Å². The van der Waals surface area contributed by atoms with Gasteiger partial charge in [-0.3, -0.25) is 10.2 Å². The van der Waals surface area contributed by atoms with Crippen LogP contribution in [0.2, 0.25) is 0 Å². The Hall–Kier alpha value is -1.66. The van der Waals surface area contributed by atoms with Crippen molar-refractivity contribution in [3.8, 4) is 10.8 Å². The highest BCUT2D eigenvalue weighted by molar-refractivity contribution is 7.17. The quantitative estimate of drug-likeness (QED) is 0.457. The number of nitrogens with two attached hydrogens (primary N) is 1. The third-order valence-corrected chi connectivity index (χ3v) is 3.04. The largest absolute Gasteiger partial charge is 0.462 e. The number of carbonyl (C=O) groups excluding carboxylic acids is 1. The monoisotopic (exact) mass is 223 g/mol. The highest BCUT2D eigenvalue weighted by Crippen LogP contribution is 2.27. The average molecular weight is 223 g/mol. The van der Waals surface area contributed by atoms with Gasteiger partial charge < -0.3 is 4.42 Å². The molecule has 6 heteroatoms. The molecule has 0 atom stereocenters. The van der Waals surface area contributed by atoms with Crippen molar-refractivity contribution in [1.82, 2.24) is 10.4 Å². The lowest BCUT2D eigenvalue weighted by molar-refractivity contribution is 0.0957. The molecular weight excluding hydrogens is 214 g/mol. The van der Waals surface area contributed by atoms with Gasteiger partial charge in [0.05, 0.1) is 12.0 Å². The highest BCUT2D eigenvalue weighted by Gasteiger charge is 2.16. The third-order valence-electron chi connectivity index (χ3n) is 1.87. The van der Waals surface area contributed by atoms with Crippen LogP contribution in [0.15, 0.2) is 22.8 Å². The Morgan fingerprint density at radius 1 is 1.67 bits per heavy atom. The van der Waals surface area contributed by atoms with E-state index in [1.807, 2.05) is 0 Å². The summed E-state index contributed by atoms with van der Waals surface area (Å²) in [6.07, 6.45) is 1.56. The summed E-state index contributed by atoms with van der Waals surface area (Å²) in [6.45, 7) is 1.76. The lowest BCUT2D eigenvalue weighted by Crippen LogP contribution is -2.29. The van der Waals surface area contributed by atoms with Gasteiger partial charge in [-0.25, -0.2) is 10.8 Å². The number of nitrogens with zero attached hydrogens (tertiary/aromatic N) is 1. The molecule has 0 saturated carbocycles. The molecule has 78 valence electrons. The minimum atomic E-state index is -0.331. The van der Waals surface area contributed by atoms with Crippen LogP contribution in [0.5, 0.6) is 0 Å². The van der Waals surface area contributed by atoms with Crippen LogP contribution in [0.25, 0.3) is 10.8 Å². The molecule has 2 aromatic heterocycles. The molecule has 0 fully saturated rings. The summed E-state index contributed by atoms with van der Waals surface area (Å²) in [5, 5.41) is 0.677. The van der Waals surface area contributed by atoms with Crippen molar-refractivity contribution in [2.24, 2.45) is 5.84 Å². The zero-order valence-electron chi connectivity index (χ0n) is 7.98. The normalized spacial score (nSPS) is 10.3. The van der Waals surface area contributed by atoms with Gasteiger partial charge in [-0.15, -0.1) is 11.3 Å². The van der Waals surface area contributed by atoms with E-state index in [2.05, 4.69) is 10.4 Å². The Bertz CT molecular complexity index is 476. The summed E-state index contributed by atoms with van der Waals surface area (Å²) < 4.78 is 5.19.